The minimum Gasteiger partial charge on any atom is -0.368 e. The summed E-state index contributed by atoms with van der Waals surface area (Å²) in [5.74, 6) is 5.45. The summed E-state index contributed by atoms with van der Waals surface area (Å²) in [4.78, 5) is 3.96. The van der Waals surface area contributed by atoms with E-state index < -0.39 is 10.0 Å². The Bertz CT molecular complexity index is 507. The molecule has 0 aliphatic heterocycles. The zero-order valence-electron chi connectivity index (χ0n) is 8.57. The Balaban J connectivity index is 2.77. The molecule has 96 valence electrons. The van der Waals surface area contributed by atoms with Crippen molar-refractivity contribution in [2.45, 2.75) is 0 Å². The largest absolute Gasteiger partial charge is 0.368 e. The molecule has 0 saturated heterocycles. The Morgan fingerprint density at radius 1 is 1.29 bits per heavy atom. The number of nitrogens with one attached hydrogen (secondary N) is 2. The van der Waals surface area contributed by atoms with E-state index in [1.165, 1.54) is 6.07 Å². The number of halogens is 2. The van der Waals surface area contributed by atoms with E-state index >= 15 is 0 Å². The van der Waals surface area contributed by atoms with Gasteiger partial charge >= 0.3 is 0 Å². The van der Waals surface area contributed by atoms with Gasteiger partial charge in [0, 0.05) is 6.54 Å². The van der Waals surface area contributed by atoms with Crippen LogP contribution in [0.15, 0.2) is 6.07 Å². The average molecular weight is 300 g/mol. The van der Waals surface area contributed by atoms with Gasteiger partial charge in [-0.25, -0.2) is 24.4 Å². The standard InChI is InChI=1S/C7H11Cl2N5O2S/c8-4-3-5(9)7(14-10)13-6(4)12-1-2-17(11,15)16/h3H,1-2,10H2,(H2,11,15,16)(H2,12,13,14). The van der Waals surface area contributed by atoms with Gasteiger partial charge in [0.1, 0.15) is 5.82 Å². The summed E-state index contributed by atoms with van der Waals surface area (Å²) < 4.78 is 21.4. The lowest BCUT2D eigenvalue weighted by Gasteiger charge is -2.09. The molecule has 0 spiro atoms. The molecule has 7 nitrogen and oxygen atoms in total. The molecule has 1 aromatic rings. The van der Waals surface area contributed by atoms with Crippen molar-refractivity contribution in [3.05, 3.63) is 16.1 Å². The normalized spacial score (nSPS) is 11.3. The number of nitrogens with two attached hydrogens (primary N) is 2. The van der Waals surface area contributed by atoms with Gasteiger partial charge in [-0.1, -0.05) is 23.2 Å². The Labute approximate surface area is 108 Å². The molecule has 0 amide bonds. The monoisotopic (exact) mass is 299 g/mol. The van der Waals surface area contributed by atoms with Gasteiger partial charge in [-0.2, -0.15) is 0 Å². The molecule has 0 aliphatic rings. The molecule has 0 unspecified atom stereocenters. The molecule has 0 atom stereocenters. The van der Waals surface area contributed by atoms with E-state index in [1.807, 2.05) is 0 Å². The molecule has 0 radical (unpaired) electrons. The fraction of sp³-hybridized carbons (Fsp3) is 0.286. The van der Waals surface area contributed by atoms with Gasteiger partial charge < -0.3 is 10.7 Å². The summed E-state index contributed by atoms with van der Waals surface area (Å²) in [5, 5.41) is 8.07. The van der Waals surface area contributed by atoms with Gasteiger partial charge in [0.25, 0.3) is 0 Å². The van der Waals surface area contributed by atoms with E-state index in [4.69, 9.17) is 34.2 Å². The summed E-state index contributed by atoms with van der Waals surface area (Å²) in [7, 11) is -3.53. The lowest BCUT2D eigenvalue weighted by molar-refractivity contribution is 0.598. The number of sulfonamides is 1. The van der Waals surface area contributed by atoms with Gasteiger partial charge in [0.15, 0.2) is 5.82 Å². The van der Waals surface area contributed by atoms with Crippen molar-refractivity contribution < 1.29 is 8.42 Å². The van der Waals surface area contributed by atoms with Gasteiger partial charge in [-0.3, -0.25) is 0 Å². The maximum absolute atomic E-state index is 10.7. The zero-order chi connectivity index (χ0) is 13.1. The first-order chi connectivity index (χ1) is 7.83. The van der Waals surface area contributed by atoms with Gasteiger partial charge in [-0.05, 0) is 6.07 Å². The van der Waals surface area contributed by atoms with Crippen LogP contribution in [0.5, 0.6) is 0 Å². The second kappa shape index (κ2) is 5.69. The molecule has 6 N–H and O–H groups in total. The minimum atomic E-state index is -3.53. The van der Waals surface area contributed by atoms with Crippen molar-refractivity contribution in [2.75, 3.05) is 23.0 Å². The molecule has 10 heteroatoms. The number of primary sulfonamides is 1. The van der Waals surface area contributed by atoms with Crippen molar-refractivity contribution in [1.82, 2.24) is 4.98 Å². The summed E-state index contributed by atoms with van der Waals surface area (Å²) in [6, 6.07) is 1.44. The van der Waals surface area contributed by atoms with Crippen molar-refractivity contribution >= 4 is 44.9 Å². The first kappa shape index (κ1) is 14.3. The van der Waals surface area contributed by atoms with E-state index in [0.29, 0.717) is 0 Å². The maximum atomic E-state index is 10.7. The van der Waals surface area contributed by atoms with Crippen LogP contribution in [0, 0.1) is 0 Å². The highest BCUT2D eigenvalue weighted by Crippen LogP contribution is 2.28. The second-order valence-corrected chi connectivity index (χ2v) is 5.64. The first-order valence-electron chi connectivity index (χ1n) is 4.40. The summed E-state index contributed by atoms with van der Waals surface area (Å²) in [5.41, 5.74) is 2.28. The molecule has 0 bridgehead atoms. The highest BCUT2D eigenvalue weighted by atomic mass is 35.5. The third-order valence-corrected chi connectivity index (χ3v) is 3.09. The van der Waals surface area contributed by atoms with Crippen molar-refractivity contribution in [2.24, 2.45) is 11.0 Å². The number of nitrogens with zero attached hydrogens (tertiary/aromatic N) is 1. The van der Waals surface area contributed by atoms with Gasteiger partial charge in [-0.15, -0.1) is 0 Å². The molecule has 17 heavy (non-hydrogen) atoms. The first-order valence-corrected chi connectivity index (χ1v) is 6.87. The number of rotatable bonds is 5. The fourth-order valence-corrected chi connectivity index (χ4v) is 1.87. The maximum Gasteiger partial charge on any atom is 0.210 e. The number of nitrogen functional groups attached to an aromatic ring is 1. The van der Waals surface area contributed by atoms with E-state index in [1.54, 1.807) is 0 Å². The molecule has 0 saturated carbocycles. The molecule has 0 fully saturated rings. The number of aromatic nitrogens is 1. The van der Waals surface area contributed by atoms with Crippen LogP contribution < -0.4 is 21.7 Å². The molecule has 0 aliphatic carbocycles. The van der Waals surface area contributed by atoms with Crippen LogP contribution in [0.2, 0.25) is 10.0 Å². The fourth-order valence-electron chi connectivity index (χ4n) is 1.00. The van der Waals surface area contributed by atoms with Crippen molar-refractivity contribution in [3.8, 4) is 0 Å². The summed E-state index contributed by atoms with van der Waals surface area (Å²) in [6.45, 7) is 0.0806. The van der Waals surface area contributed by atoms with Gasteiger partial charge in [0.2, 0.25) is 10.0 Å². The Hall–Kier alpha value is -0.800. The third kappa shape index (κ3) is 4.52. The van der Waals surface area contributed by atoms with Crippen LogP contribution in [0.3, 0.4) is 0 Å². The zero-order valence-corrected chi connectivity index (χ0v) is 10.9. The predicted octanol–water partition coefficient (Wildman–Crippen LogP) is 0.374. The van der Waals surface area contributed by atoms with Crippen molar-refractivity contribution in [3.63, 3.8) is 0 Å². The number of hydrogen-bond acceptors (Lipinski definition) is 6. The molecule has 0 aromatic carbocycles. The van der Waals surface area contributed by atoms with E-state index in [9.17, 15) is 8.42 Å². The van der Waals surface area contributed by atoms with Crippen molar-refractivity contribution in [1.29, 1.82) is 0 Å². The molecule has 1 aromatic heterocycles. The van der Waals surface area contributed by atoms with Crippen LogP contribution in [-0.4, -0.2) is 25.7 Å². The van der Waals surface area contributed by atoms with Crippen LogP contribution >= 0.6 is 23.2 Å². The lowest BCUT2D eigenvalue weighted by atomic mass is 10.4. The van der Waals surface area contributed by atoms with E-state index in [-0.39, 0.29) is 34.0 Å². The number of hydrazine groups is 1. The Morgan fingerprint density at radius 2 is 1.88 bits per heavy atom. The topological polar surface area (TPSA) is 123 Å². The van der Waals surface area contributed by atoms with Gasteiger partial charge in [0.05, 0.1) is 15.8 Å². The van der Waals surface area contributed by atoms with E-state index in [2.05, 4.69) is 15.7 Å². The quantitative estimate of drug-likeness (QED) is 0.460. The van der Waals surface area contributed by atoms with Crippen LogP contribution in [0.1, 0.15) is 0 Å². The second-order valence-electron chi connectivity index (χ2n) is 3.09. The highest BCUT2D eigenvalue weighted by molar-refractivity contribution is 7.89. The minimum absolute atomic E-state index is 0.0806. The Morgan fingerprint density at radius 3 is 2.41 bits per heavy atom. The SMILES string of the molecule is NNc1nc(NCCS(N)(=O)=O)c(Cl)cc1Cl. The molecular weight excluding hydrogens is 289 g/mol. The van der Waals surface area contributed by atoms with Crippen LogP contribution in [-0.2, 0) is 10.0 Å². The smallest absolute Gasteiger partial charge is 0.210 e. The molecule has 1 rings (SSSR count). The number of hydrogen-bond donors (Lipinski definition) is 4. The van der Waals surface area contributed by atoms with E-state index in [0.717, 1.165) is 0 Å². The summed E-state index contributed by atoms with van der Waals surface area (Å²) in [6.07, 6.45) is 0. The summed E-state index contributed by atoms with van der Waals surface area (Å²) >= 11 is 11.6. The Kier molecular flexibility index (Phi) is 4.78. The van der Waals surface area contributed by atoms with Crippen LogP contribution in [0.4, 0.5) is 11.6 Å². The number of pyridine rings is 1. The third-order valence-electron chi connectivity index (χ3n) is 1.75. The average Bonchev–Trinajstić information content (AvgIpc) is 2.19. The lowest BCUT2D eigenvalue weighted by Crippen LogP contribution is -2.23. The van der Waals surface area contributed by atoms with Crippen LogP contribution in [0.25, 0.3) is 0 Å². The predicted molar refractivity (Wildman–Crippen MR) is 68.5 cm³/mol. The number of anilines is 2. The molecular formula is C7H11Cl2N5O2S. The highest BCUT2D eigenvalue weighted by Gasteiger charge is 2.09. The molecule has 1 heterocycles.